The first-order chi connectivity index (χ1) is 10.8. The number of aryl methyl sites for hydroxylation is 1. The van der Waals surface area contributed by atoms with Crippen LogP contribution in [0.15, 0.2) is 48.5 Å². The third-order valence-electron chi connectivity index (χ3n) is 4.54. The fourth-order valence-electron chi connectivity index (χ4n) is 3.21. The Bertz CT molecular complexity index is 594. The van der Waals surface area contributed by atoms with Gasteiger partial charge >= 0.3 is 0 Å². The predicted octanol–water partition coefficient (Wildman–Crippen LogP) is 4.08. The number of nitrogens with zero attached hydrogens (tertiary/aromatic N) is 1. The molecule has 116 valence electrons. The third-order valence-corrected chi connectivity index (χ3v) is 4.54. The molecule has 0 unspecified atom stereocenters. The molecule has 2 nitrogen and oxygen atoms in total. The Hall–Kier alpha value is -1.80. The molecule has 22 heavy (non-hydrogen) atoms. The lowest BCUT2D eigenvalue weighted by Crippen LogP contribution is -2.31. The van der Waals surface area contributed by atoms with Gasteiger partial charge in [-0.2, -0.15) is 0 Å². The molecule has 1 heterocycles. The number of benzene rings is 2. The van der Waals surface area contributed by atoms with Crippen LogP contribution in [0.1, 0.15) is 29.5 Å². The summed E-state index contributed by atoms with van der Waals surface area (Å²) in [5, 5.41) is 0. The summed E-state index contributed by atoms with van der Waals surface area (Å²) in [4.78, 5) is 2.58. The van der Waals surface area contributed by atoms with Gasteiger partial charge in [0, 0.05) is 13.1 Å². The third kappa shape index (κ3) is 3.89. The molecule has 0 atom stereocenters. The molecule has 2 heteroatoms. The van der Waals surface area contributed by atoms with E-state index in [9.17, 15) is 0 Å². The molecule has 1 aliphatic heterocycles. The van der Waals surface area contributed by atoms with Gasteiger partial charge in [0.1, 0.15) is 5.75 Å². The number of hydrogen-bond donors (Lipinski definition) is 0. The Morgan fingerprint density at radius 3 is 2.68 bits per heavy atom. The number of unbranched alkanes of at least 4 members (excludes halogenated alkanes) is 1. The Morgan fingerprint density at radius 2 is 1.86 bits per heavy atom. The summed E-state index contributed by atoms with van der Waals surface area (Å²) >= 11 is 0. The summed E-state index contributed by atoms with van der Waals surface area (Å²) < 4.78 is 5.31. The van der Waals surface area contributed by atoms with Crippen molar-refractivity contribution in [1.29, 1.82) is 0 Å². The van der Waals surface area contributed by atoms with E-state index in [1.807, 2.05) is 0 Å². The molecule has 0 fully saturated rings. The highest BCUT2D eigenvalue weighted by atomic mass is 16.5. The van der Waals surface area contributed by atoms with Crippen molar-refractivity contribution in [2.75, 3.05) is 20.2 Å². The summed E-state index contributed by atoms with van der Waals surface area (Å²) in [7, 11) is 1.74. The van der Waals surface area contributed by atoms with Crippen molar-refractivity contribution >= 4 is 0 Å². The van der Waals surface area contributed by atoms with Crippen LogP contribution in [-0.4, -0.2) is 25.1 Å². The zero-order chi connectivity index (χ0) is 15.2. The Morgan fingerprint density at radius 1 is 1.00 bits per heavy atom. The van der Waals surface area contributed by atoms with Gasteiger partial charge < -0.3 is 4.74 Å². The minimum absolute atomic E-state index is 0.982. The topological polar surface area (TPSA) is 12.5 Å². The van der Waals surface area contributed by atoms with Crippen LogP contribution in [0, 0.1) is 0 Å². The summed E-state index contributed by atoms with van der Waals surface area (Å²) in [6.07, 6.45) is 4.89. The fraction of sp³-hybridized carbons (Fsp3) is 0.400. The maximum atomic E-state index is 5.31. The molecule has 0 spiro atoms. The Balaban J connectivity index is 1.44. The number of fused-ring (bicyclic) bond motifs is 1. The van der Waals surface area contributed by atoms with Crippen LogP contribution in [0.5, 0.6) is 5.75 Å². The lowest BCUT2D eigenvalue weighted by molar-refractivity contribution is 0.248. The van der Waals surface area contributed by atoms with Crippen molar-refractivity contribution in [1.82, 2.24) is 4.90 Å². The van der Waals surface area contributed by atoms with Gasteiger partial charge in [-0.15, -0.1) is 0 Å². The second kappa shape index (κ2) is 7.46. The fourth-order valence-corrected chi connectivity index (χ4v) is 3.21. The van der Waals surface area contributed by atoms with Crippen molar-refractivity contribution in [2.45, 2.75) is 32.2 Å². The lowest BCUT2D eigenvalue weighted by atomic mass is 9.99. The van der Waals surface area contributed by atoms with Gasteiger partial charge in [0.05, 0.1) is 7.11 Å². The zero-order valence-corrected chi connectivity index (χ0v) is 13.4. The van der Waals surface area contributed by atoms with Crippen LogP contribution >= 0.6 is 0 Å². The Kier molecular flexibility index (Phi) is 5.12. The van der Waals surface area contributed by atoms with E-state index < -0.39 is 0 Å². The van der Waals surface area contributed by atoms with Crippen molar-refractivity contribution < 1.29 is 4.74 Å². The second-order valence-electron chi connectivity index (χ2n) is 6.10. The monoisotopic (exact) mass is 295 g/mol. The molecule has 0 saturated carbocycles. The van der Waals surface area contributed by atoms with Gasteiger partial charge in [0.25, 0.3) is 0 Å². The molecule has 0 aliphatic carbocycles. The van der Waals surface area contributed by atoms with Gasteiger partial charge in [-0.1, -0.05) is 36.4 Å². The normalized spacial score (nSPS) is 14.6. The van der Waals surface area contributed by atoms with E-state index in [1.165, 1.54) is 49.0 Å². The number of methoxy groups -OCH3 is 1. The van der Waals surface area contributed by atoms with Crippen molar-refractivity contribution in [3.05, 3.63) is 65.2 Å². The lowest BCUT2D eigenvalue weighted by Gasteiger charge is -2.29. The van der Waals surface area contributed by atoms with Gasteiger partial charge in [-0.05, 0) is 61.1 Å². The maximum Gasteiger partial charge on any atom is 0.119 e. The molecule has 2 aromatic rings. The molecule has 0 radical (unpaired) electrons. The highest BCUT2D eigenvalue weighted by Gasteiger charge is 2.16. The molecular weight excluding hydrogens is 270 g/mol. The number of rotatable bonds is 6. The molecule has 2 aromatic carbocycles. The van der Waals surface area contributed by atoms with Crippen LogP contribution in [-0.2, 0) is 19.4 Å². The average Bonchev–Trinajstić information content (AvgIpc) is 2.59. The quantitative estimate of drug-likeness (QED) is 0.745. The van der Waals surface area contributed by atoms with E-state index >= 15 is 0 Å². The molecule has 0 N–H and O–H groups in total. The van der Waals surface area contributed by atoms with Crippen LogP contribution in [0.3, 0.4) is 0 Å². The highest BCUT2D eigenvalue weighted by Crippen LogP contribution is 2.23. The standard InChI is InChI=1S/C20H25NO/c1-22-20-11-10-19-16-21(14-12-18(19)15-20)13-6-5-9-17-7-3-2-4-8-17/h2-4,7-8,10-11,15H,5-6,9,12-14,16H2,1H3. The highest BCUT2D eigenvalue weighted by molar-refractivity contribution is 5.37. The minimum Gasteiger partial charge on any atom is -0.497 e. The molecule has 0 amide bonds. The van der Waals surface area contributed by atoms with Gasteiger partial charge in [-0.3, -0.25) is 4.90 Å². The smallest absolute Gasteiger partial charge is 0.119 e. The molecule has 3 rings (SSSR count). The summed E-state index contributed by atoms with van der Waals surface area (Å²) in [5.74, 6) is 0.982. The summed E-state index contributed by atoms with van der Waals surface area (Å²) in [6.45, 7) is 3.47. The van der Waals surface area contributed by atoms with Gasteiger partial charge in [-0.25, -0.2) is 0 Å². The number of hydrogen-bond acceptors (Lipinski definition) is 2. The molecular formula is C20H25NO. The first-order valence-electron chi connectivity index (χ1n) is 8.27. The van der Waals surface area contributed by atoms with E-state index in [4.69, 9.17) is 4.74 Å². The van der Waals surface area contributed by atoms with Crippen molar-refractivity contribution in [3.8, 4) is 5.75 Å². The molecule has 0 saturated heterocycles. The van der Waals surface area contributed by atoms with Crippen LogP contribution in [0.25, 0.3) is 0 Å². The first-order valence-corrected chi connectivity index (χ1v) is 8.27. The van der Waals surface area contributed by atoms with E-state index in [0.29, 0.717) is 0 Å². The maximum absolute atomic E-state index is 5.31. The second-order valence-corrected chi connectivity index (χ2v) is 6.10. The average molecular weight is 295 g/mol. The zero-order valence-electron chi connectivity index (χ0n) is 13.4. The van der Waals surface area contributed by atoms with Gasteiger partial charge in [0.15, 0.2) is 0 Å². The van der Waals surface area contributed by atoms with E-state index in [2.05, 4.69) is 53.4 Å². The van der Waals surface area contributed by atoms with Crippen LogP contribution in [0.4, 0.5) is 0 Å². The van der Waals surface area contributed by atoms with Crippen LogP contribution in [0.2, 0.25) is 0 Å². The SMILES string of the molecule is COc1ccc2c(c1)CCN(CCCCc1ccccc1)C2. The predicted molar refractivity (Wildman–Crippen MR) is 91.4 cm³/mol. The van der Waals surface area contributed by atoms with Crippen LogP contribution < -0.4 is 4.74 Å². The Labute approximate surface area is 133 Å². The van der Waals surface area contributed by atoms with E-state index in [-0.39, 0.29) is 0 Å². The first kappa shape index (κ1) is 15.1. The molecule has 1 aliphatic rings. The van der Waals surface area contributed by atoms with Crippen molar-refractivity contribution in [3.63, 3.8) is 0 Å². The molecule has 0 bridgehead atoms. The largest absolute Gasteiger partial charge is 0.497 e. The summed E-state index contributed by atoms with van der Waals surface area (Å²) in [5.41, 5.74) is 4.38. The minimum atomic E-state index is 0.982. The van der Waals surface area contributed by atoms with Gasteiger partial charge in [0.2, 0.25) is 0 Å². The van der Waals surface area contributed by atoms with E-state index in [0.717, 1.165) is 18.7 Å². The number of ether oxygens (including phenoxy) is 1. The van der Waals surface area contributed by atoms with Crippen molar-refractivity contribution in [2.24, 2.45) is 0 Å². The van der Waals surface area contributed by atoms with E-state index in [1.54, 1.807) is 7.11 Å². The summed E-state index contributed by atoms with van der Waals surface area (Å²) in [6, 6.07) is 17.3. The molecule has 0 aromatic heterocycles.